The number of benzene rings is 1. The summed E-state index contributed by atoms with van der Waals surface area (Å²) in [5, 5.41) is 3.48. The van der Waals surface area contributed by atoms with Gasteiger partial charge in [0.25, 0.3) is 5.91 Å². The number of fused-ring (bicyclic) bond motifs is 1. The molecule has 0 spiro atoms. The lowest BCUT2D eigenvalue weighted by molar-refractivity contribution is 0.0286. The molecule has 8 heteroatoms. The van der Waals surface area contributed by atoms with Crippen molar-refractivity contribution < 1.29 is 14.3 Å². The second-order valence-corrected chi connectivity index (χ2v) is 10.0. The summed E-state index contributed by atoms with van der Waals surface area (Å²) in [4.78, 5) is 36.4. The largest absolute Gasteiger partial charge is 0.444 e. The maximum Gasteiger partial charge on any atom is 0.410 e. The Balaban J connectivity index is 1.59. The van der Waals surface area contributed by atoms with Crippen LogP contribution in [0.15, 0.2) is 59.7 Å². The minimum absolute atomic E-state index is 0.0669. The predicted octanol–water partition coefficient (Wildman–Crippen LogP) is 3.68. The molecule has 2 aromatic rings. The Hall–Kier alpha value is -2.87. The standard InChI is InChI=1S/C23H26N4O3S/c1-22(2,3)30-21(29)27-14-17-13-25-20(26-19(28)16-9-5-4-6-10-16)31-23(17,15-27)18-11-7-8-12-24-18/h4-12,17H,13-15H2,1-3H3,(H,25,26,28)/t17-,23-/m0/s1. The van der Waals surface area contributed by atoms with Gasteiger partial charge in [0.15, 0.2) is 5.17 Å². The van der Waals surface area contributed by atoms with E-state index >= 15 is 0 Å². The third-order valence-corrected chi connectivity index (χ3v) is 6.73. The van der Waals surface area contributed by atoms with E-state index in [1.54, 1.807) is 23.2 Å². The summed E-state index contributed by atoms with van der Waals surface area (Å²) in [6, 6.07) is 14.8. The number of carbonyl (C=O) groups is 2. The van der Waals surface area contributed by atoms with Crippen molar-refractivity contribution >= 4 is 28.9 Å². The fourth-order valence-electron chi connectivity index (χ4n) is 3.85. The van der Waals surface area contributed by atoms with Gasteiger partial charge in [-0.1, -0.05) is 36.0 Å². The molecule has 162 valence electrons. The number of aliphatic imine (C=N–C) groups is 1. The molecule has 3 heterocycles. The first-order chi connectivity index (χ1) is 14.8. The Morgan fingerprint density at radius 3 is 2.58 bits per heavy atom. The summed E-state index contributed by atoms with van der Waals surface area (Å²) in [5.41, 5.74) is 0.876. The molecular formula is C23H26N4O3S. The number of hydrogen-bond donors (Lipinski definition) is 1. The molecule has 0 radical (unpaired) electrons. The SMILES string of the molecule is CC(C)(C)OC(=O)N1C[C@@H]2CN=C(NC(=O)c3ccccc3)S[C@@]2(c2ccccn2)C1. The quantitative estimate of drug-likeness (QED) is 0.773. The number of pyridine rings is 1. The Kier molecular flexibility index (Phi) is 5.75. The summed E-state index contributed by atoms with van der Waals surface area (Å²) < 4.78 is 5.11. The molecule has 0 aliphatic carbocycles. The van der Waals surface area contributed by atoms with Gasteiger partial charge in [-0.15, -0.1) is 0 Å². The maximum atomic E-state index is 12.8. The minimum atomic E-state index is -0.568. The molecule has 0 unspecified atom stereocenters. The molecule has 31 heavy (non-hydrogen) atoms. The fraction of sp³-hybridized carbons (Fsp3) is 0.391. The number of nitrogens with zero attached hydrogens (tertiary/aromatic N) is 3. The lowest BCUT2D eigenvalue weighted by Crippen LogP contribution is -2.43. The highest BCUT2D eigenvalue weighted by molar-refractivity contribution is 8.14. The van der Waals surface area contributed by atoms with Crippen molar-refractivity contribution in [1.29, 1.82) is 0 Å². The van der Waals surface area contributed by atoms with E-state index in [1.807, 2.05) is 57.2 Å². The minimum Gasteiger partial charge on any atom is -0.444 e. The smallest absolute Gasteiger partial charge is 0.410 e. The third-order valence-electron chi connectivity index (χ3n) is 5.27. The van der Waals surface area contributed by atoms with Crippen molar-refractivity contribution in [1.82, 2.24) is 15.2 Å². The van der Waals surface area contributed by atoms with Crippen LogP contribution in [0.4, 0.5) is 4.79 Å². The van der Waals surface area contributed by atoms with E-state index in [0.717, 1.165) is 5.69 Å². The molecule has 2 aliphatic rings. The number of thioether (sulfide) groups is 1. The normalized spacial score (nSPS) is 23.0. The molecule has 0 saturated carbocycles. The van der Waals surface area contributed by atoms with Crippen molar-refractivity contribution in [3.05, 3.63) is 66.0 Å². The molecule has 1 N–H and O–H groups in total. The van der Waals surface area contributed by atoms with E-state index in [4.69, 9.17) is 4.74 Å². The van der Waals surface area contributed by atoms with Crippen LogP contribution in [-0.2, 0) is 9.48 Å². The van der Waals surface area contributed by atoms with Crippen LogP contribution in [0.25, 0.3) is 0 Å². The molecule has 1 aromatic heterocycles. The van der Waals surface area contributed by atoms with Crippen molar-refractivity contribution in [2.75, 3.05) is 19.6 Å². The Morgan fingerprint density at radius 2 is 1.90 bits per heavy atom. The highest BCUT2D eigenvalue weighted by Crippen LogP contribution is 2.50. The summed E-state index contributed by atoms with van der Waals surface area (Å²) in [7, 11) is 0. The molecule has 2 amide bonds. The van der Waals surface area contributed by atoms with Gasteiger partial charge >= 0.3 is 6.09 Å². The molecule has 2 aliphatic heterocycles. The number of likely N-dealkylation sites (tertiary alicyclic amines) is 1. The maximum absolute atomic E-state index is 12.8. The van der Waals surface area contributed by atoms with Gasteiger partial charge in [-0.3, -0.25) is 14.8 Å². The number of aromatic nitrogens is 1. The molecule has 2 atom stereocenters. The van der Waals surface area contributed by atoms with E-state index in [9.17, 15) is 9.59 Å². The van der Waals surface area contributed by atoms with Crippen molar-refractivity contribution in [2.45, 2.75) is 31.1 Å². The first kappa shape index (κ1) is 21.4. The zero-order chi connectivity index (χ0) is 22.1. The Labute approximate surface area is 186 Å². The predicted molar refractivity (Wildman–Crippen MR) is 121 cm³/mol. The van der Waals surface area contributed by atoms with Crippen molar-refractivity contribution in [3.63, 3.8) is 0 Å². The number of amidine groups is 1. The first-order valence-corrected chi connectivity index (χ1v) is 11.1. The zero-order valence-corrected chi connectivity index (χ0v) is 18.7. The highest BCUT2D eigenvalue weighted by Gasteiger charge is 2.54. The summed E-state index contributed by atoms with van der Waals surface area (Å²) in [6.07, 6.45) is 1.42. The topological polar surface area (TPSA) is 83.9 Å². The van der Waals surface area contributed by atoms with Gasteiger partial charge in [-0.25, -0.2) is 4.79 Å². The first-order valence-electron chi connectivity index (χ1n) is 10.3. The van der Waals surface area contributed by atoms with Crippen LogP contribution in [-0.4, -0.2) is 52.3 Å². The van der Waals surface area contributed by atoms with Crippen molar-refractivity contribution in [2.24, 2.45) is 10.9 Å². The average Bonchev–Trinajstić information content (AvgIpc) is 3.14. The Bertz CT molecular complexity index is 991. The van der Waals surface area contributed by atoms with Crippen LogP contribution in [0, 0.1) is 5.92 Å². The van der Waals surface area contributed by atoms with Crippen LogP contribution < -0.4 is 5.32 Å². The van der Waals surface area contributed by atoms with Gasteiger partial charge in [0.2, 0.25) is 0 Å². The third kappa shape index (κ3) is 4.58. The second-order valence-electron chi connectivity index (χ2n) is 8.73. The lowest BCUT2D eigenvalue weighted by atomic mass is 9.91. The van der Waals surface area contributed by atoms with Gasteiger partial charge in [0, 0.05) is 37.3 Å². The van der Waals surface area contributed by atoms with E-state index in [2.05, 4.69) is 15.3 Å². The van der Waals surface area contributed by atoms with Crippen LogP contribution in [0.3, 0.4) is 0 Å². The van der Waals surface area contributed by atoms with Gasteiger partial charge < -0.3 is 15.0 Å². The van der Waals surface area contributed by atoms with Gasteiger partial charge in [0.05, 0.1) is 10.4 Å². The average molecular weight is 439 g/mol. The molecular weight excluding hydrogens is 412 g/mol. The number of hydrogen-bond acceptors (Lipinski definition) is 6. The number of carbonyl (C=O) groups excluding carboxylic acids is 2. The molecule has 7 nitrogen and oxygen atoms in total. The molecule has 1 aromatic carbocycles. The van der Waals surface area contributed by atoms with E-state index in [-0.39, 0.29) is 17.9 Å². The number of ether oxygens (including phenoxy) is 1. The summed E-state index contributed by atoms with van der Waals surface area (Å²) >= 11 is 1.47. The molecule has 1 fully saturated rings. The number of nitrogens with one attached hydrogen (secondary N) is 1. The van der Waals surface area contributed by atoms with Gasteiger partial charge in [-0.05, 0) is 45.0 Å². The van der Waals surface area contributed by atoms with E-state index in [1.165, 1.54) is 11.8 Å². The second kappa shape index (κ2) is 8.34. The molecule has 4 rings (SSSR count). The van der Waals surface area contributed by atoms with Crippen molar-refractivity contribution in [3.8, 4) is 0 Å². The van der Waals surface area contributed by atoms with E-state index < -0.39 is 10.3 Å². The van der Waals surface area contributed by atoms with Gasteiger partial charge in [0.1, 0.15) is 5.60 Å². The van der Waals surface area contributed by atoms with Crippen LogP contribution in [0.5, 0.6) is 0 Å². The number of amides is 2. The Morgan fingerprint density at radius 1 is 1.16 bits per heavy atom. The van der Waals surface area contributed by atoms with Crippen LogP contribution >= 0.6 is 11.8 Å². The zero-order valence-electron chi connectivity index (χ0n) is 17.9. The molecule has 0 bridgehead atoms. The van der Waals surface area contributed by atoms with E-state index in [0.29, 0.717) is 30.4 Å². The summed E-state index contributed by atoms with van der Waals surface area (Å²) in [5.74, 6) is -0.138. The van der Waals surface area contributed by atoms with Gasteiger partial charge in [-0.2, -0.15) is 0 Å². The molecule has 1 saturated heterocycles. The lowest BCUT2D eigenvalue weighted by Gasteiger charge is -2.36. The van der Waals surface area contributed by atoms with Crippen LogP contribution in [0.2, 0.25) is 0 Å². The van der Waals surface area contributed by atoms with Crippen LogP contribution in [0.1, 0.15) is 36.8 Å². The monoisotopic (exact) mass is 438 g/mol. The fourth-order valence-corrected chi connectivity index (χ4v) is 5.24. The summed E-state index contributed by atoms with van der Waals surface area (Å²) in [6.45, 7) is 7.04. The number of rotatable bonds is 2. The highest BCUT2D eigenvalue weighted by atomic mass is 32.2.